The van der Waals surface area contributed by atoms with E-state index in [1.54, 1.807) is 19.1 Å². The predicted octanol–water partition coefficient (Wildman–Crippen LogP) is 9.64. The molecule has 2 aromatic rings. The van der Waals surface area contributed by atoms with Gasteiger partial charge in [0, 0.05) is 17.4 Å². The predicted molar refractivity (Wildman–Crippen MR) is 147 cm³/mol. The SMILES string of the molecule is C=CC.CC.CCC.COc1cc(C)c(C)cc1C(O)(c1ccc(SC(C)(C)F)cc1)C(C)(F)F. The second-order valence-corrected chi connectivity index (χ2v) is 9.99. The first-order valence-electron chi connectivity index (χ1n) is 11.9. The molecule has 200 valence electrons. The van der Waals surface area contributed by atoms with Crippen molar-refractivity contribution in [1.29, 1.82) is 0 Å². The van der Waals surface area contributed by atoms with Gasteiger partial charge in [0.2, 0.25) is 0 Å². The summed E-state index contributed by atoms with van der Waals surface area (Å²) in [5, 5.41) is 9.73. The normalized spacial score (nSPS) is 12.4. The Morgan fingerprint density at radius 2 is 1.37 bits per heavy atom. The Hall–Kier alpha value is -1.92. The van der Waals surface area contributed by atoms with E-state index >= 15 is 0 Å². The largest absolute Gasteiger partial charge is 0.496 e. The Morgan fingerprint density at radius 1 is 0.971 bits per heavy atom. The van der Waals surface area contributed by atoms with Crippen LogP contribution in [0.1, 0.15) is 84.1 Å². The van der Waals surface area contributed by atoms with Crippen molar-refractivity contribution in [2.75, 3.05) is 7.11 Å². The van der Waals surface area contributed by atoms with E-state index in [-0.39, 0.29) is 16.9 Å². The lowest BCUT2D eigenvalue weighted by atomic mass is 9.80. The third kappa shape index (κ3) is 10.7. The Labute approximate surface area is 216 Å². The van der Waals surface area contributed by atoms with E-state index in [0.717, 1.165) is 22.9 Å². The van der Waals surface area contributed by atoms with E-state index in [4.69, 9.17) is 4.74 Å². The minimum absolute atomic E-state index is 0.00757. The minimum Gasteiger partial charge on any atom is -0.496 e. The van der Waals surface area contributed by atoms with Crippen molar-refractivity contribution in [2.45, 2.75) is 97.1 Å². The lowest BCUT2D eigenvalue weighted by Crippen LogP contribution is -2.44. The van der Waals surface area contributed by atoms with E-state index in [1.807, 2.05) is 27.7 Å². The maximum Gasteiger partial charge on any atom is 0.281 e. The number of hydrogen-bond donors (Lipinski definition) is 1. The summed E-state index contributed by atoms with van der Waals surface area (Å²) in [6.07, 6.45) is 3.00. The highest BCUT2D eigenvalue weighted by Gasteiger charge is 2.53. The molecule has 0 aliphatic carbocycles. The van der Waals surface area contributed by atoms with Gasteiger partial charge in [-0.2, -0.15) is 0 Å². The molecule has 0 amide bonds. The number of hydrogen-bond acceptors (Lipinski definition) is 3. The number of aryl methyl sites for hydroxylation is 2. The van der Waals surface area contributed by atoms with Gasteiger partial charge >= 0.3 is 0 Å². The van der Waals surface area contributed by atoms with Crippen LogP contribution in [0.3, 0.4) is 0 Å². The van der Waals surface area contributed by atoms with Crippen molar-refractivity contribution in [1.82, 2.24) is 0 Å². The fraction of sp³-hybridized carbons (Fsp3) is 0.517. The number of thioether (sulfide) groups is 1. The molecule has 0 spiro atoms. The molecule has 0 aliphatic heterocycles. The van der Waals surface area contributed by atoms with Crippen LogP contribution in [0.5, 0.6) is 5.75 Å². The number of aliphatic hydroxyl groups is 1. The minimum atomic E-state index is -3.49. The summed E-state index contributed by atoms with van der Waals surface area (Å²) >= 11 is 0.975. The lowest BCUT2D eigenvalue weighted by Gasteiger charge is -2.36. The molecule has 1 unspecified atom stereocenters. The third-order valence-corrected chi connectivity index (χ3v) is 5.47. The van der Waals surface area contributed by atoms with Gasteiger partial charge in [-0.3, -0.25) is 0 Å². The number of halogens is 3. The summed E-state index contributed by atoms with van der Waals surface area (Å²) in [4.78, 5) is 0.583. The average Bonchev–Trinajstić information content (AvgIpc) is 2.76. The summed E-state index contributed by atoms with van der Waals surface area (Å²) in [5.41, 5.74) is -0.955. The summed E-state index contributed by atoms with van der Waals surface area (Å²) in [7, 11) is 1.38. The maximum absolute atomic E-state index is 14.7. The topological polar surface area (TPSA) is 29.5 Å². The van der Waals surface area contributed by atoms with Gasteiger partial charge in [-0.05, 0) is 75.6 Å². The second-order valence-electron chi connectivity index (χ2n) is 8.34. The van der Waals surface area contributed by atoms with Gasteiger partial charge in [0.15, 0.2) is 10.6 Å². The van der Waals surface area contributed by atoms with Crippen LogP contribution in [0, 0.1) is 13.8 Å². The fourth-order valence-electron chi connectivity index (χ4n) is 2.93. The smallest absolute Gasteiger partial charge is 0.281 e. The number of rotatable bonds is 6. The van der Waals surface area contributed by atoms with Crippen LogP contribution >= 0.6 is 11.8 Å². The van der Waals surface area contributed by atoms with Crippen LogP contribution < -0.4 is 4.74 Å². The molecule has 0 heterocycles. The zero-order chi connectivity index (χ0) is 28.0. The van der Waals surface area contributed by atoms with Crippen molar-refractivity contribution in [2.24, 2.45) is 0 Å². The van der Waals surface area contributed by atoms with Crippen LogP contribution in [-0.4, -0.2) is 23.1 Å². The zero-order valence-electron chi connectivity index (χ0n) is 23.4. The van der Waals surface area contributed by atoms with E-state index in [9.17, 15) is 18.3 Å². The molecule has 0 radical (unpaired) electrons. The van der Waals surface area contributed by atoms with Crippen molar-refractivity contribution < 1.29 is 23.0 Å². The molecule has 6 heteroatoms. The zero-order valence-corrected chi connectivity index (χ0v) is 24.2. The number of benzene rings is 2. The van der Waals surface area contributed by atoms with Crippen molar-refractivity contribution in [3.63, 3.8) is 0 Å². The molecule has 0 saturated heterocycles. The first kappa shape index (κ1) is 35.2. The van der Waals surface area contributed by atoms with Crippen molar-refractivity contribution >= 4 is 11.8 Å². The van der Waals surface area contributed by atoms with Crippen LogP contribution in [0.2, 0.25) is 0 Å². The van der Waals surface area contributed by atoms with Crippen LogP contribution in [0.25, 0.3) is 0 Å². The first-order chi connectivity index (χ1) is 16.1. The quantitative estimate of drug-likeness (QED) is 0.307. The number of methoxy groups -OCH3 is 1. The number of alkyl halides is 3. The van der Waals surface area contributed by atoms with Gasteiger partial charge in [-0.1, -0.05) is 64.1 Å². The summed E-state index contributed by atoms with van der Waals surface area (Å²) in [6, 6.07) is 9.04. The Bertz CT molecular complexity index is 869. The molecule has 2 rings (SSSR count). The fourth-order valence-corrected chi connectivity index (χ4v) is 3.76. The van der Waals surface area contributed by atoms with Gasteiger partial charge in [-0.15, -0.1) is 6.58 Å². The Balaban J connectivity index is 0. The second kappa shape index (κ2) is 15.9. The average molecular weight is 515 g/mol. The summed E-state index contributed by atoms with van der Waals surface area (Å²) in [6.45, 7) is 20.6. The molecule has 0 fully saturated rings. The molecule has 0 aliphatic rings. The standard InChI is InChI=1S/C21H25F3O2S.C3H8.C3H6.C2H6/c1-13-11-17(18(26-6)12-14(13)2)21(25,20(5,23)24)15-7-9-16(10-8-15)27-19(3,4)22;2*1-3-2;1-2/h7-12,25H,1-6H3;3H2,1-2H3;3H,1H2,2H3;1-2H3. The van der Waals surface area contributed by atoms with E-state index in [0.29, 0.717) is 11.8 Å². The monoisotopic (exact) mass is 514 g/mol. The number of allylic oxidation sites excluding steroid dienone is 1. The van der Waals surface area contributed by atoms with Crippen molar-refractivity contribution in [3.05, 3.63) is 71.3 Å². The maximum atomic E-state index is 14.7. The Morgan fingerprint density at radius 3 is 1.71 bits per heavy atom. The molecule has 0 bridgehead atoms. The Kier molecular flexibility index (Phi) is 16.1. The van der Waals surface area contributed by atoms with E-state index < -0.39 is 16.5 Å². The summed E-state index contributed by atoms with van der Waals surface area (Å²) < 4.78 is 48.5. The lowest BCUT2D eigenvalue weighted by molar-refractivity contribution is -0.151. The first-order valence-corrected chi connectivity index (χ1v) is 12.8. The van der Waals surface area contributed by atoms with Gasteiger partial charge < -0.3 is 9.84 Å². The highest BCUT2D eigenvalue weighted by Crippen LogP contribution is 2.47. The molecule has 0 aromatic heterocycles. The summed E-state index contributed by atoms with van der Waals surface area (Å²) in [5.74, 6) is -3.30. The third-order valence-electron chi connectivity index (χ3n) is 4.47. The van der Waals surface area contributed by atoms with Crippen LogP contribution in [0.4, 0.5) is 13.2 Å². The van der Waals surface area contributed by atoms with Gasteiger partial charge in [-0.25, -0.2) is 13.2 Å². The molecule has 2 aromatic carbocycles. The highest BCUT2D eigenvalue weighted by atomic mass is 32.2. The van der Waals surface area contributed by atoms with Gasteiger partial charge in [0.1, 0.15) is 5.75 Å². The number of ether oxygens (including phenoxy) is 1. The molecular formula is C29H45F3O2S. The molecule has 35 heavy (non-hydrogen) atoms. The van der Waals surface area contributed by atoms with E-state index in [1.165, 1.54) is 57.7 Å². The molecule has 1 N–H and O–H groups in total. The molecule has 0 saturated carbocycles. The van der Waals surface area contributed by atoms with E-state index in [2.05, 4.69) is 20.4 Å². The van der Waals surface area contributed by atoms with Crippen LogP contribution in [-0.2, 0) is 5.60 Å². The molecule has 1 atom stereocenters. The van der Waals surface area contributed by atoms with Crippen LogP contribution in [0.15, 0.2) is 53.9 Å². The highest BCUT2D eigenvalue weighted by molar-refractivity contribution is 8.00. The molecule has 2 nitrogen and oxygen atoms in total. The van der Waals surface area contributed by atoms with Gasteiger partial charge in [0.25, 0.3) is 5.92 Å². The molecular weight excluding hydrogens is 469 g/mol. The van der Waals surface area contributed by atoms with Crippen molar-refractivity contribution in [3.8, 4) is 5.75 Å². The van der Waals surface area contributed by atoms with Gasteiger partial charge in [0.05, 0.1) is 7.11 Å².